The summed E-state index contributed by atoms with van der Waals surface area (Å²) < 4.78 is 0.505. The molecule has 1 saturated heterocycles. The molecule has 1 fully saturated rings. The van der Waals surface area contributed by atoms with Gasteiger partial charge in [0.1, 0.15) is 5.75 Å². The Balaban J connectivity index is 2.01. The number of rotatable bonds is 2. The highest BCUT2D eigenvalue weighted by Crippen LogP contribution is 2.38. The summed E-state index contributed by atoms with van der Waals surface area (Å²) in [5.41, 5.74) is 3.49. The third-order valence-electron chi connectivity index (χ3n) is 3.62. The number of hydrogen-bond donors (Lipinski definition) is 1. The van der Waals surface area contributed by atoms with E-state index in [-0.39, 0.29) is 11.7 Å². The van der Waals surface area contributed by atoms with Crippen LogP contribution >= 0.6 is 24.0 Å². The molecule has 2 aromatic rings. The van der Waals surface area contributed by atoms with E-state index in [0.29, 0.717) is 14.8 Å². The molecule has 2 aromatic carbocycles. The Morgan fingerprint density at radius 2 is 1.91 bits per heavy atom. The van der Waals surface area contributed by atoms with Gasteiger partial charge in [0.15, 0.2) is 4.32 Å². The number of aryl methyl sites for hydroxylation is 2. The second-order valence-corrected chi connectivity index (χ2v) is 7.04. The maximum Gasteiger partial charge on any atom is 0.270 e. The highest BCUT2D eigenvalue weighted by Gasteiger charge is 2.34. The van der Waals surface area contributed by atoms with Crippen LogP contribution in [0.15, 0.2) is 47.4 Å². The lowest BCUT2D eigenvalue weighted by molar-refractivity contribution is -0.113. The monoisotopic (exact) mass is 341 g/mol. The summed E-state index contributed by atoms with van der Waals surface area (Å²) >= 11 is 6.65. The van der Waals surface area contributed by atoms with Crippen LogP contribution in [-0.4, -0.2) is 15.3 Å². The maximum absolute atomic E-state index is 12.8. The number of phenolic OH excluding ortho intramolecular Hbond substituents is 1. The molecule has 0 atom stereocenters. The van der Waals surface area contributed by atoms with Crippen molar-refractivity contribution in [3.8, 4) is 5.75 Å². The van der Waals surface area contributed by atoms with E-state index in [2.05, 4.69) is 0 Å². The molecule has 0 unspecified atom stereocenters. The minimum absolute atomic E-state index is 0.143. The topological polar surface area (TPSA) is 40.5 Å². The third-order valence-corrected chi connectivity index (χ3v) is 4.92. The zero-order valence-electron chi connectivity index (χ0n) is 12.7. The Labute approximate surface area is 144 Å². The van der Waals surface area contributed by atoms with Gasteiger partial charge in [-0.1, -0.05) is 54.3 Å². The molecule has 0 bridgehead atoms. The first kappa shape index (κ1) is 15.8. The largest absolute Gasteiger partial charge is 0.507 e. The number of aromatic hydroxyl groups is 1. The summed E-state index contributed by atoms with van der Waals surface area (Å²) in [5, 5.41) is 9.87. The van der Waals surface area contributed by atoms with Crippen molar-refractivity contribution in [2.45, 2.75) is 13.8 Å². The third kappa shape index (κ3) is 3.02. The zero-order valence-corrected chi connectivity index (χ0v) is 14.4. The second-order valence-electron chi connectivity index (χ2n) is 5.37. The molecule has 3 rings (SSSR count). The minimum atomic E-state index is -0.156. The van der Waals surface area contributed by atoms with Gasteiger partial charge in [0.25, 0.3) is 5.91 Å². The number of carbonyl (C=O) groups is 1. The SMILES string of the molecule is Cc1ccc(C)c(N2C(=O)C(=Cc3ccccc3O)SC2=S)c1. The van der Waals surface area contributed by atoms with Crippen LogP contribution in [0.4, 0.5) is 5.69 Å². The zero-order chi connectivity index (χ0) is 16.6. The van der Waals surface area contributed by atoms with Crippen LogP contribution in [0.2, 0.25) is 0 Å². The summed E-state index contributed by atoms with van der Waals surface area (Å²) in [6.45, 7) is 3.94. The number of benzene rings is 2. The predicted molar refractivity (Wildman–Crippen MR) is 99.7 cm³/mol. The molecule has 0 aliphatic carbocycles. The van der Waals surface area contributed by atoms with E-state index in [1.54, 1.807) is 29.2 Å². The van der Waals surface area contributed by atoms with E-state index in [4.69, 9.17) is 12.2 Å². The lowest BCUT2D eigenvalue weighted by atomic mass is 10.1. The number of thiocarbonyl (C=S) groups is 1. The smallest absolute Gasteiger partial charge is 0.270 e. The van der Waals surface area contributed by atoms with E-state index >= 15 is 0 Å². The van der Waals surface area contributed by atoms with E-state index in [0.717, 1.165) is 16.8 Å². The Hall–Kier alpha value is -2.11. The first-order valence-electron chi connectivity index (χ1n) is 7.10. The normalized spacial score (nSPS) is 16.4. The van der Waals surface area contributed by atoms with Crippen molar-refractivity contribution in [1.29, 1.82) is 0 Å². The fraction of sp³-hybridized carbons (Fsp3) is 0.111. The molecular weight excluding hydrogens is 326 g/mol. The number of nitrogens with zero attached hydrogens (tertiary/aromatic N) is 1. The van der Waals surface area contributed by atoms with Crippen LogP contribution in [-0.2, 0) is 4.79 Å². The van der Waals surface area contributed by atoms with Crippen LogP contribution in [0, 0.1) is 13.8 Å². The summed E-state index contributed by atoms with van der Waals surface area (Å²) in [6.07, 6.45) is 1.68. The molecule has 1 amide bonds. The summed E-state index contributed by atoms with van der Waals surface area (Å²) in [6, 6.07) is 12.9. The van der Waals surface area contributed by atoms with Crippen molar-refractivity contribution >= 4 is 46.0 Å². The summed E-state index contributed by atoms with van der Waals surface area (Å²) in [4.78, 5) is 14.8. The molecule has 1 N–H and O–H groups in total. The van der Waals surface area contributed by atoms with Gasteiger partial charge in [-0.3, -0.25) is 9.69 Å². The van der Waals surface area contributed by atoms with Crippen molar-refractivity contribution in [2.75, 3.05) is 4.90 Å². The van der Waals surface area contributed by atoms with Crippen LogP contribution in [0.1, 0.15) is 16.7 Å². The number of carbonyl (C=O) groups excluding carboxylic acids is 1. The summed E-state index contributed by atoms with van der Waals surface area (Å²) in [5.74, 6) is -0.0125. The number of amides is 1. The lowest BCUT2D eigenvalue weighted by Gasteiger charge is -2.17. The van der Waals surface area contributed by atoms with Crippen LogP contribution < -0.4 is 4.90 Å². The van der Waals surface area contributed by atoms with Gasteiger partial charge >= 0.3 is 0 Å². The molecule has 0 radical (unpaired) electrons. The van der Waals surface area contributed by atoms with Crippen molar-refractivity contribution in [3.63, 3.8) is 0 Å². The van der Waals surface area contributed by atoms with E-state index < -0.39 is 0 Å². The van der Waals surface area contributed by atoms with Crippen LogP contribution in [0.3, 0.4) is 0 Å². The lowest BCUT2D eigenvalue weighted by Crippen LogP contribution is -2.28. The van der Waals surface area contributed by atoms with Crippen molar-refractivity contribution < 1.29 is 9.90 Å². The number of phenols is 1. The molecule has 23 heavy (non-hydrogen) atoms. The van der Waals surface area contributed by atoms with Gasteiger partial charge in [-0.2, -0.15) is 0 Å². The number of hydrogen-bond acceptors (Lipinski definition) is 4. The first-order chi connectivity index (χ1) is 11.0. The molecule has 116 valence electrons. The van der Waals surface area contributed by atoms with E-state index in [1.807, 2.05) is 38.1 Å². The van der Waals surface area contributed by atoms with Gasteiger partial charge < -0.3 is 5.11 Å². The number of anilines is 1. The highest BCUT2D eigenvalue weighted by molar-refractivity contribution is 8.27. The Morgan fingerprint density at radius 3 is 2.65 bits per heavy atom. The van der Waals surface area contributed by atoms with Gasteiger partial charge in [-0.25, -0.2) is 0 Å². The van der Waals surface area contributed by atoms with Crippen molar-refractivity contribution in [3.05, 3.63) is 64.1 Å². The molecule has 1 heterocycles. The minimum Gasteiger partial charge on any atom is -0.507 e. The van der Waals surface area contributed by atoms with E-state index in [9.17, 15) is 9.90 Å². The Morgan fingerprint density at radius 1 is 1.17 bits per heavy atom. The van der Waals surface area contributed by atoms with Gasteiger partial charge in [0.2, 0.25) is 0 Å². The molecule has 3 nitrogen and oxygen atoms in total. The molecule has 5 heteroatoms. The van der Waals surface area contributed by atoms with Gasteiger partial charge in [0, 0.05) is 5.56 Å². The molecule has 0 saturated carbocycles. The van der Waals surface area contributed by atoms with Gasteiger partial charge in [0.05, 0.1) is 10.6 Å². The van der Waals surface area contributed by atoms with Gasteiger partial charge in [-0.15, -0.1) is 0 Å². The molecule has 1 aliphatic rings. The average Bonchev–Trinajstić information content (AvgIpc) is 2.79. The first-order valence-corrected chi connectivity index (χ1v) is 8.33. The van der Waals surface area contributed by atoms with E-state index in [1.165, 1.54) is 11.8 Å². The van der Waals surface area contributed by atoms with Crippen molar-refractivity contribution in [2.24, 2.45) is 0 Å². The molecule has 1 aliphatic heterocycles. The molecule has 0 aromatic heterocycles. The second kappa shape index (κ2) is 6.18. The molecular formula is C18H15NO2S2. The summed E-state index contributed by atoms with van der Waals surface area (Å²) in [7, 11) is 0. The quantitative estimate of drug-likeness (QED) is 0.649. The standard InChI is InChI=1S/C18H15NO2S2/c1-11-7-8-12(2)14(9-11)19-17(21)16(23-18(19)22)10-13-5-3-4-6-15(13)20/h3-10,20H,1-2H3. The number of thioether (sulfide) groups is 1. The fourth-order valence-electron chi connectivity index (χ4n) is 2.39. The van der Waals surface area contributed by atoms with Crippen LogP contribution in [0.5, 0.6) is 5.75 Å². The number of para-hydroxylation sites is 1. The Bertz CT molecular complexity index is 843. The van der Waals surface area contributed by atoms with Crippen LogP contribution in [0.25, 0.3) is 6.08 Å². The fourth-order valence-corrected chi connectivity index (χ4v) is 3.66. The highest BCUT2D eigenvalue weighted by atomic mass is 32.2. The molecule has 0 spiro atoms. The Kier molecular flexibility index (Phi) is 4.24. The average molecular weight is 341 g/mol. The van der Waals surface area contributed by atoms with Gasteiger partial charge in [-0.05, 0) is 43.2 Å². The van der Waals surface area contributed by atoms with Crippen molar-refractivity contribution in [1.82, 2.24) is 0 Å². The predicted octanol–water partition coefficient (Wildman–Crippen LogP) is 4.41. The maximum atomic E-state index is 12.8.